The van der Waals surface area contributed by atoms with Gasteiger partial charge in [-0.1, -0.05) is 191 Å². The summed E-state index contributed by atoms with van der Waals surface area (Å²) < 4.78 is 0. The maximum atomic E-state index is 12.6. The lowest BCUT2D eigenvalue weighted by molar-refractivity contribution is -0.112. The SMILES string of the molecule is CC1=CC2C=Cc3cc(C)cc4c3C2C(=C1)C=C4.CCC(C)c1ccccn1.CCC(C)c1cccnc1.CCC(C)c1ccncc1.Cc1cc(C)c2cccccc1-2.Cc1ccc2[nH]c3ccc(C)cc3c2c1.Cc1ccc2c(c1)=C(c1ccc(-c3ccc(-c4c(O)[nH]c5ccc(C)cc45)s3)s1)C(=O)N=2. The van der Waals surface area contributed by atoms with Crippen LogP contribution in [0, 0.1) is 54.4 Å². The molecule has 18 rings (SSSR count). The Morgan fingerprint density at radius 1 is 0.486 bits per heavy atom. The quantitative estimate of drug-likeness (QED) is 0.133. The van der Waals surface area contributed by atoms with Gasteiger partial charge in [0.05, 0.1) is 16.5 Å². The number of aromatic hydroxyl groups is 1. The molecule has 0 spiro atoms. The van der Waals surface area contributed by atoms with Gasteiger partial charge in [0.15, 0.2) is 5.88 Å². The third-order valence-electron chi connectivity index (χ3n) is 20.8. The van der Waals surface area contributed by atoms with Crippen LogP contribution in [0.4, 0.5) is 0 Å². The number of hydrogen-bond donors (Lipinski definition) is 3. The Balaban J connectivity index is 0.000000123. The Labute approximate surface area is 639 Å². The number of nitrogens with zero attached hydrogens (tertiary/aromatic N) is 4. The highest BCUT2D eigenvalue weighted by Crippen LogP contribution is 2.49. The normalized spacial score (nSPS) is 14.8. The fourth-order valence-electron chi connectivity index (χ4n) is 14.4. The zero-order chi connectivity index (χ0) is 75.4. The summed E-state index contributed by atoms with van der Waals surface area (Å²) in [4.78, 5) is 39.7. The Hall–Kier alpha value is -10.9. The van der Waals surface area contributed by atoms with E-state index in [2.05, 4.69) is 277 Å². The van der Waals surface area contributed by atoms with Gasteiger partial charge in [-0.2, -0.15) is 0 Å². The fourth-order valence-corrected chi connectivity index (χ4v) is 16.6. The molecule has 0 saturated heterocycles. The minimum absolute atomic E-state index is 0.176. The first-order chi connectivity index (χ1) is 51.7. The van der Waals surface area contributed by atoms with Gasteiger partial charge in [-0.3, -0.25) is 19.7 Å². The molecule has 12 aromatic rings. The van der Waals surface area contributed by atoms with Crippen LogP contribution in [0.2, 0.25) is 0 Å². The van der Waals surface area contributed by atoms with Crippen LogP contribution < -0.4 is 10.6 Å². The van der Waals surface area contributed by atoms with Crippen LogP contribution >= 0.6 is 22.7 Å². The van der Waals surface area contributed by atoms with E-state index in [9.17, 15) is 9.90 Å². The summed E-state index contributed by atoms with van der Waals surface area (Å²) in [5.41, 5.74) is 27.8. The van der Waals surface area contributed by atoms with Gasteiger partial charge in [-0.15, -0.1) is 22.7 Å². The number of carbonyl (C=O) groups excluding carboxylic acids is 1. The molecular weight excluding hydrogens is 1350 g/mol. The Morgan fingerprint density at radius 3 is 1.67 bits per heavy atom. The lowest BCUT2D eigenvalue weighted by atomic mass is 9.68. The zero-order valence-electron chi connectivity index (χ0n) is 64.2. The van der Waals surface area contributed by atoms with Crippen LogP contribution in [-0.4, -0.2) is 35.9 Å². The summed E-state index contributed by atoms with van der Waals surface area (Å²) in [6, 6.07) is 65.1. The lowest BCUT2D eigenvalue weighted by Gasteiger charge is -2.36. The van der Waals surface area contributed by atoms with Gasteiger partial charge in [0.1, 0.15) is 0 Å². The van der Waals surface area contributed by atoms with E-state index < -0.39 is 0 Å². The molecular formula is C97H98N6O2S2. The summed E-state index contributed by atoms with van der Waals surface area (Å²) in [5, 5.41) is 15.9. The molecule has 10 heteroatoms. The Bertz CT molecular complexity index is 5490. The van der Waals surface area contributed by atoms with Gasteiger partial charge >= 0.3 is 0 Å². The maximum absolute atomic E-state index is 12.6. The average molecular weight is 1440 g/mol. The number of hydrogen-bond acceptors (Lipinski definition) is 7. The highest BCUT2D eigenvalue weighted by atomic mass is 32.1. The number of allylic oxidation sites excluding steroid dienone is 6. The highest BCUT2D eigenvalue weighted by molar-refractivity contribution is 7.24. The van der Waals surface area contributed by atoms with E-state index >= 15 is 0 Å². The van der Waals surface area contributed by atoms with E-state index in [1.807, 2.05) is 105 Å². The van der Waals surface area contributed by atoms with E-state index in [-0.39, 0.29) is 11.8 Å². The minimum atomic E-state index is -0.176. The highest BCUT2D eigenvalue weighted by Gasteiger charge is 2.33. The third kappa shape index (κ3) is 17.8. The molecule has 0 saturated carbocycles. The molecule has 5 unspecified atom stereocenters. The van der Waals surface area contributed by atoms with Crippen LogP contribution in [0.15, 0.2) is 259 Å². The summed E-state index contributed by atoms with van der Waals surface area (Å²) >= 11 is 3.24. The summed E-state index contributed by atoms with van der Waals surface area (Å²) in [7, 11) is 0. The predicted molar refractivity (Wildman–Crippen MR) is 455 cm³/mol. The van der Waals surface area contributed by atoms with Crippen molar-refractivity contribution >= 4 is 79.0 Å². The van der Waals surface area contributed by atoms with Crippen molar-refractivity contribution in [1.29, 1.82) is 0 Å². The minimum Gasteiger partial charge on any atom is -0.494 e. The molecule has 0 radical (unpaired) electrons. The van der Waals surface area contributed by atoms with E-state index in [4.69, 9.17) is 0 Å². The molecule has 5 aliphatic carbocycles. The largest absolute Gasteiger partial charge is 0.494 e. The Morgan fingerprint density at radius 2 is 1.06 bits per heavy atom. The standard InChI is InChI=1S/C26H18N2O2S2.C18H16.C14H13N.C12H12.3C9H13N/c1-13-3-5-17-15(11-13)23(25(29)27-17)21-9-7-19(31-21)20-8-10-22(32-20)24-16-12-14(2)4-6-18(16)28-26(24)30;1-11-7-13-3-5-15-9-12(2)10-16-6-4-14(8-11)17(13)18(15)16;1-9-3-5-13-11(7-9)12-8-10(2)4-6-14(12)15-13;1-9-8-10(2)12-7-5-3-4-6-11(9)12;1-3-8(2)9-4-6-10-7-5-9;1-3-8(2)9-5-4-6-10-7-9;1-3-8(2)9-6-4-5-7-10-9/h3-12,27,29H,1-2H3;3-10,13,17H,1-2H3;3-8,15H,1-2H3;3-8H,1-2H3;3*4-8H,3H2,1-2H3. The summed E-state index contributed by atoms with van der Waals surface area (Å²) in [6.07, 6.45) is 26.8. The molecule has 8 nitrogen and oxygen atoms in total. The number of H-pyrrole nitrogens is 2. The molecule has 107 heavy (non-hydrogen) atoms. The van der Waals surface area contributed by atoms with Crippen molar-refractivity contribution < 1.29 is 9.90 Å². The van der Waals surface area contributed by atoms with E-state index in [1.165, 1.54) is 118 Å². The third-order valence-corrected chi connectivity index (χ3v) is 23.2. The average Bonchev–Trinajstić information content (AvgIpc) is 1.65. The first kappa shape index (κ1) is 75.8. The monoisotopic (exact) mass is 1440 g/mol. The number of amides is 1. The molecule has 1 aliphatic heterocycles. The number of aryl methyl sites for hydroxylation is 7. The number of thiophene rings is 2. The lowest BCUT2D eigenvalue weighted by Crippen LogP contribution is -2.23. The molecule has 1 amide bonds. The number of nitrogens with one attached hydrogen (secondary N) is 2. The fraction of sp³-hybridized carbons (Fsp3) is 0.227. The number of aromatic nitrogens is 5. The van der Waals surface area contributed by atoms with Gasteiger partial charge in [0.25, 0.3) is 5.91 Å². The molecule has 0 fully saturated rings. The van der Waals surface area contributed by atoms with Crippen molar-refractivity contribution in [2.24, 2.45) is 10.9 Å². The summed E-state index contributed by atoms with van der Waals surface area (Å²) in [5.74, 6) is 3.02. The number of rotatable bonds is 9. The topological polar surface area (TPSA) is 120 Å². The first-order valence-corrected chi connectivity index (χ1v) is 39.2. The van der Waals surface area contributed by atoms with Gasteiger partial charge < -0.3 is 15.1 Å². The van der Waals surface area contributed by atoms with E-state index in [0.717, 1.165) is 64.1 Å². The van der Waals surface area contributed by atoms with Crippen LogP contribution in [0.3, 0.4) is 0 Å². The molecule has 6 aliphatic rings. The van der Waals surface area contributed by atoms with Gasteiger partial charge in [-0.25, -0.2) is 4.99 Å². The molecule has 5 atom stereocenters. The molecule has 7 aromatic heterocycles. The van der Waals surface area contributed by atoms with Gasteiger partial charge in [0, 0.05) is 106 Å². The molecule has 5 aromatic carbocycles. The van der Waals surface area contributed by atoms with Crippen LogP contribution in [0.25, 0.3) is 81.8 Å². The van der Waals surface area contributed by atoms with E-state index in [0.29, 0.717) is 35.2 Å². The molecule has 8 heterocycles. The first-order valence-electron chi connectivity index (χ1n) is 37.6. The number of benzene rings is 5. The van der Waals surface area contributed by atoms with E-state index in [1.54, 1.807) is 22.7 Å². The van der Waals surface area contributed by atoms with Crippen molar-refractivity contribution in [2.75, 3.05) is 0 Å². The zero-order valence-corrected chi connectivity index (χ0v) is 65.9. The maximum Gasteiger partial charge on any atom is 0.279 e. The smallest absolute Gasteiger partial charge is 0.279 e. The number of aromatic amines is 2. The summed E-state index contributed by atoms with van der Waals surface area (Å²) in [6.45, 7) is 30.3. The number of carbonyl (C=O) groups is 1. The van der Waals surface area contributed by atoms with Crippen molar-refractivity contribution in [3.05, 3.63) is 342 Å². The van der Waals surface area contributed by atoms with Crippen LogP contribution in [-0.2, 0) is 4.79 Å². The molecule has 540 valence electrons. The molecule has 3 N–H and O–H groups in total. The van der Waals surface area contributed by atoms with Crippen molar-refractivity contribution in [3.8, 4) is 37.2 Å². The van der Waals surface area contributed by atoms with Crippen LogP contribution in [0.5, 0.6) is 5.88 Å². The Kier molecular flexibility index (Phi) is 24.5. The second kappa shape index (κ2) is 34.6. The second-order valence-corrected chi connectivity index (χ2v) is 31.1. The van der Waals surface area contributed by atoms with Crippen LogP contribution in [0.1, 0.15) is 169 Å². The predicted octanol–water partition coefficient (Wildman–Crippen LogP) is 25.1. The van der Waals surface area contributed by atoms with Gasteiger partial charge in [-0.05, 0) is 257 Å². The van der Waals surface area contributed by atoms with Crippen molar-refractivity contribution in [2.45, 2.75) is 140 Å². The van der Waals surface area contributed by atoms with Gasteiger partial charge in [0.2, 0.25) is 0 Å². The van der Waals surface area contributed by atoms with Crippen molar-refractivity contribution in [1.82, 2.24) is 24.9 Å². The molecule has 0 bridgehead atoms. The van der Waals surface area contributed by atoms with Crippen molar-refractivity contribution in [3.63, 3.8) is 0 Å². The second-order valence-electron chi connectivity index (χ2n) is 28.9. The number of fused-ring (bicyclic) bond motifs is 6. The number of pyridine rings is 3.